The number of carbonyl (C=O) groups excluding carboxylic acids is 1. The Bertz CT molecular complexity index is 152. The average Bonchev–Trinajstić information content (AvgIpc) is 2.06. The van der Waals surface area contributed by atoms with Crippen molar-refractivity contribution < 1.29 is 4.79 Å². The maximum Gasteiger partial charge on any atom is 0.331 e. The molecule has 1 aliphatic rings. The molecule has 2 amide bonds. The average molecular weight is 171 g/mol. The maximum atomic E-state index is 11.2. The van der Waals surface area contributed by atoms with Crippen LogP contribution in [0.25, 0.3) is 0 Å². The number of hydrogen-bond donors (Lipinski definition) is 1. The van der Waals surface area contributed by atoms with E-state index >= 15 is 0 Å². The molecular weight excluding hydrogens is 154 g/mol. The van der Waals surface area contributed by atoms with Gasteiger partial charge in [-0.3, -0.25) is 5.43 Å². The molecule has 0 radical (unpaired) electrons. The van der Waals surface area contributed by atoms with Gasteiger partial charge in [-0.15, -0.1) is 0 Å². The van der Waals surface area contributed by atoms with E-state index in [4.69, 9.17) is 0 Å². The number of nitrogens with zero attached hydrogens (tertiary/aromatic N) is 2. The quantitative estimate of drug-likeness (QED) is 0.629. The van der Waals surface area contributed by atoms with Crippen LogP contribution in [0.1, 0.15) is 19.3 Å². The van der Waals surface area contributed by atoms with Gasteiger partial charge in [-0.25, -0.2) is 9.80 Å². The molecule has 0 atom stereocenters. The Morgan fingerprint density at radius 2 is 1.83 bits per heavy atom. The van der Waals surface area contributed by atoms with E-state index in [1.807, 2.05) is 5.01 Å². The first-order valence-corrected chi connectivity index (χ1v) is 4.43. The van der Waals surface area contributed by atoms with Crippen molar-refractivity contribution in [2.45, 2.75) is 19.3 Å². The van der Waals surface area contributed by atoms with E-state index in [1.165, 1.54) is 19.3 Å². The van der Waals surface area contributed by atoms with Crippen molar-refractivity contribution >= 4 is 6.03 Å². The molecular formula is C8H17N3O. The molecule has 4 nitrogen and oxygen atoms in total. The van der Waals surface area contributed by atoms with Crippen molar-refractivity contribution in [3.63, 3.8) is 0 Å². The monoisotopic (exact) mass is 171 g/mol. The van der Waals surface area contributed by atoms with E-state index < -0.39 is 0 Å². The smallest absolute Gasteiger partial charge is 0.330 e. The summed E-state index contributed by atoms with van der Waals surface area (Å²) in [5.41, 5.74) is 2.84. The van der Waals surface area contributed by atoms with Gasteiger partial charge in [0.1, 0.15) is 0 Å². The summed E-state index contributed by atoms with van der Waals surface area (Å²) in [7, 11) is 3.50. The van der Waals surface area contributed by atoms with Crippen LogP contribution in [0.15, 0.2) is 0 Å². The summed E-state index contributed by atoms with van der Waals surface area (Å²) in [5, 5.41) is 1.99. The third kappa shape index (κ3) is 2.70. The van der Waals surface area contributed by atoms with Gasteiger partial charge in [0, 0.05) is 27.2 Å². The van der Waals surface area contributed by atoms with Gasteiger partial charge in [0.05, 0.1) is 0 Å². The number of hydrazine groups is 1. The predicted octanol–water partition coefficient (Wildman–Crippen LogP) is 0.658. The lowest BCUT2D eigenvalue weighted by atomic mass is 10.2. The van der Waals surface area contributed by atoms with Gasteiger partial charge >= 0.3 is 6.03 Å². The van der Waals surface area contributed by atoms with Crippen molar-refractivity contribution in [3.05, 3.63) is 0 Å². The van der Waals surface area contributed by atoms with Crippen LogP contribution >= 0.6 is 0 Å². The molecule has 0 aromatic heterocycles. The van der Waals surface area contributed by atoms with Gasteiger partial charge in [0.2, 0.25) is 0 Å². The van der Waals surface area contributed by atoms with Crippen molar-refractivity contribution in [1.29, 1.82) is 0 Å². The lowest BCUT2D eigenvalue weighted by molar-refractivity contribution is 0.140. The highest BCUT2D eigenvalue weighted by molar-refractivity contribution is 5.72. The van der Waals surface area contributed by atoms with Crippen LogP contribution in [0.2, 0.25) is 0 Å². The summed E-state index contributed by atoms with van der Waals surface area (Å²) in [6.07, 6.45) is 3.66. The zero-order valence-corrected chi connectivity index (χ0v) is 7.84. The maximum absolute atomic E-state index is 11.2. The number of piperidine rings is 1. The molecule has 0 aliphatic carbocycles. The fraction of sp³-hybridized carbons (Fsp3) is 0.875. The van der Waals surface area contributed by atoms with Gasteiger partial charge in [-0.2, -0.15) is 0 Å². The van der Waals surface area contributed by atoms with E-state index in [-0.39, 0.29) is 6.03 Å². The molecule has 12 heavy (non-hydrogen) atoms. The fourth-order valence-corrected chi connectivity index (χ4v) is 1.24. The van der Waals surface area contributed by atoms with Gasteiger partial charge in [0.15, 0.2) is 0 Å². The molecule has 0 aromatic rings. The topological polar surface area (TPSA) is 35.6 Å². The largest absolute Gasteiger partial charge is 0.331 e. The van der Waals surface area contributed by atoms with Crippen LogP contribution in [0.3, 0.4) is 0 Å². The van der Waals surface area contributed by atoms with Crippen molar-refractivity contribution in [1.82, 2.24) is 15.3 Å². The van der Waals surface area contributed by atoms with Crippen LogP contribution < -0.4 is 5.43 Å². The molecule has 0 unspecified atom stereocenters. The molecule has 0 spiro atoms. The Balaban J connectivity index is 2.24. The number of urea groups is 1. The number of amides is 2. The van der Waals surface area contributed by atoms with E-state index in [1.54, 1.807) is 19.0 Å². The second-order valence-electron chi connectivity index (χ2n) is 3.36. The number of nitrogens with one attached hydrogen (secondary N) is 1. The van der Waals surface area contributed by atoms with Gasteiger partial charge in [0.25, 0.3) is 0 Å². The molecule has 1 fully saturated rings. The molecule has 0 saturated carbocycles. The molecule has 1 N–H and O–H groups in total. The van der Waals surface area contributed by atoms with Gasteiger partial charge in [-0.05, 0) is 12.8 Å². The highest BCUT2D eigenvalue weighted by Crippen LogP contribution is 2.05. The first-order valence-electron chi connectivity index (χ1n) is 4.43. The van der Waals surface area contributed by atoms with E-state index in [0.717, 1.165) is 13.1 Å². The number of rotatable bonds is 1. The van der Waals surface area contributed by atoms with Crippen molar-refractivity contribution in [2.24, 2.45) is 0 Å². The lowest BCUT2D eigenvalue weighted by Crippen LogP contribution is -2.48. The summed E-state index contributed by atoms with van der Waals surface area (Å²) in [6.45, 7) is 1.97. The Morgan fingerprint density at radius 3 is 2.33 bits per heavy atom. The molecule has 70 valence electrons. The van der Waals surface area contributed by atoms with Gasteiger partial charge in [-0.1, -0.05) is 6.42 Å². The van der Waals surface area contributed by atoms with Crippen LogP contribution in [-0.2, 0) is 0 Å². The summed E-state index contributed by atoms with van der Waals surface area (Å²) in [5.74, 6) is 0. The molecule has 1 heterocycles. The predicted molar refractivity (Wildman–Crippen MR) is 47.6 cm³/mol. The van der Waals surface area contributed by atoms with Crippen LogP contribution in [0.4, 0.5) is 4.79 Å². The Labute approximate surface area is 73.5 Å². The van der Waals surface area contributed by atoms with Crippen LogP contribution in [-0.4, -0.2) is 43.1 Å². The first-order chi connectivity index (χ1) is 5.70. The zero-order valence-electron chi connectivity index (χ0n) is 7.84. The zero-order chi connectivity index (χ0) is 8.97. The van der Waals surface area contributed by atoms with Gasteiger partial charge < -0.3 is 4.90 Å². The highest BCUT2D eigenvalue weighted by atomic mass is 16.2. The SMILES string of the molecule is CN(C)C(=O)NN1CCCCC1. The first kappa shape index (κ1) is 9.32. The van der Waals surface area contributed by atoms with E-state index in [9.17, 15) is 4.79 Å². The fourth-order valence-electron chi connectivity index (χ4n) is 1.24. The molecule has 1 saturated heterocycles. The standard InChI is InChI=1S/C8H17N3O/c1-10(2)8(12)9-11-6-4-3-5-7-11/h3-7H2,1-2H3,(H,9,12). The molecule has 0 aromatic carbocycles. The van der Waals surface area contributed by atoms with Crippen LogP contribution in [0.5, 0.6) is 0 Å². The third-order valence-corrected chi connectivity index (χ3v) is 2.02. The minimum Gasteiger partial charge on any atom is -0.330 e. The summed E-state index contributed by atoms with van der Waals surface area (Å²) in [4.78, 5) is 12.7. The normalized spacial score (nSPS) is 18.8. The molecule has 1 aliphatic heterocycles. The van der Waals surface area contributed by atoms with Crippen LogP contribution in [0, 0.1) is 0 Å². The molecule has 1 rings (SSSR count). The lowest BCUT2D eigenvalue weighted by Gasteiger charge is -2.28. The number of carbonyl (C=O) groups is 1. The minimum atomic E-state index is -0.0306. The Kier molecular flexibility index (Phi) is 3.34. The summed E-state index contributed by atoms with van der Waals surface area (Å²) < 4.78 is 0. The second kappa shape index (κ2) is 4.30. The summed E-state index contributed by atoms with van der Waals surface area (Å²) >= 11 is 0. The minimum absolute atomic E-state index is 0.0306. The Hall–Kier alpha value is -0.770. The van der Waals surface area contributed by atoms with Crippen molar-refractivity contribution in [2.75, 3.05) is 27.2 Å². The third-order valence-electron chi connectivity index (χ3n) is 2.02. The second-order valence-corrected chi connectivity index (χ2v) is 3.36. The van der Waals surface area contributed by atoms with E-state index in [0.29, 0.717) is 0 Å². The number of hydrogen-bond acceptors (Lipinski definition) is 2. The summed E-state index contributed by atoms with van der Waals surface area (Å²) in [6, 6.07) is -0.0306. The van der Waals surface area contributed by atoms with Crippen molar-refractivity contribution in [3.8, 4) is 0 Å². The molecule has 4 heteroatoms. The van der Waals surface area contributed by atoms with E-state index in [2.05, 4.69) is 5.43 Å². The highest BCUT2D eigenvalue weighted by Gasteiger charge is 2.12. The Morgan fingerprint density at radius 1 is 1.25 bits per heavy atom. The molecule has 0 bridgehead atoms.